The molecule has 15 heavy (non-hydrogen) atoms. The van der Waals surface area contributed by atoms with E-state index < -0.39 is 0 Å². The van der Waals surface area contributed by atoms with Gasteiger partial charge in [0.1, 0.15) is 0 Å². The third-order valence-electron chi connectivity index (χ3n) is 3.31. The lowest BCUT2D eigenvalue weighted by molar-refractivity contribution is 0.459. The minimum Gasteiger partial charge on any atom is -0.317 e. The van der Waals surface area contributed by atoms with Gasteiger partial charge in [-0.3, -0.25) is 0 Å². The molecule has 0 spiro atoms. The summed E-state index contributed by atoms with van der Waals surface area (Å²) in [5.41, 5.74) is 4.01. The first-order chi connectivity index (χ1) is 7.18. The Morgan fingerprint density at radius 2 is 1.87 bits per heavy atom. The molecule has 1 N–H and O–H groups in total. The van der Waals surface area contributed by atoms with Crippen LogP contribution in [0.2, 0.25) is 5.02 Å². The van der Waals surface area contributed by atoms with E-state index in [2.05, 4.69) is 31.3 Å². The summed E-state index contributed by atoms with van der Waals surface area (Å²) < 4.78 is 0. The minimum atomic E-state index is 0.698. The second-order valence-corrected chi connectivity index (χ2v) is 4.89. The van der Waals surface area contributed by atoms with Crippen molar-refractivity contribution in [3.8, 4) is 0 Å². The Kier molecular flexibility index (Phi) is 3.32. The smallest absolute Gasteiger partial charge is 0.0440 e. The summed E-state index contributed by atoms with van der Waals surface area (Å²) in [6, 6.07) is 4.36. The molecule has 0 atom stereocenters. The summed E-state index contributed by atoms with van der Waals surface area (Å²) in [5.74, 6) is 0.698. The molecule has 0 saturated carbocycles. The molecule has 0 aromatic heterocycles. The zero-order valence-electron chi connectivity index (χ0n) is 9.44. The van der Waals surface area contributed by atoms with Crippen LogP contribution in [0, 0.1) is 13.8 Å². The van der Waals surface area contributed by atoms with Crippen LogP contribution in [-0.2, 0) is 0 Å². The van der Waals surface area contributed by atoms with Gasteiger partial charge in [0.05, 0.1) is 0 Å². The van der Waals surface area contributed by atoms with Gasteiger partial charge < -0.3 is 5.32 Å². The Balaban J connectivity index is 2.33. The maximum atomic E-state index is 6.22. The van der Waals surface area contributed by atoms with Crippen LogP contribution in [0.25, 0.3) is 0 Å². The van der Waals surface area contributed by atoms with Crippen molar-refractivity contribution in [2.45, 2.75) is 32.6 Å². The molecule has 1 heterocycles. The van der Waals surface area contributed by atoms with Crippen LogP contribution in [0.4, 0.5) is 0 Å². The number of piperidine rings is 1. The molecule has 82 valence electrons. The highest BCUT2D eigenvalue weighted by Crippen LogP contribution is 2.32. The Morgan fingerprint density at radius 1 is 1.20 bits per heavy atom. The average molecular weight is 224 g/mol. The zero-order chi connectivity index (χ0) is 10.8. The molecule has 1 nitrogen and oxygen atoms in total. The van der Waals surface area contributed by atoms with Gasteiger partial charge in [-0.2, -0.15) is 0 Å². The van der Waals surface area contributed by atoms with E-state index >= 15 is 0 Å². The second kappa shape index (κ2) is 4.54. The summed E-state index contributed by atoms with van der Waals surface area (Å²) in [6.45, 7) is 6.53. The fourth-order valence-corrected chi connectivity index (χ4v) is 2.68. The van der Waals surface area contributed by atoms with E-state index in [1.807, 2.05) is 0 Å². The van der Waals surface area contributed by atoms with Gasteiger partial charge in [0.25, 0.3) is 0 Å². The van der Waals surface area contributed by atoms with Gasteiger partial charge in [-0.1, -0.05) is 17.7 Å². The van der Waals surface area contributed by atoms with Crippen molar-refractivity contribution < 1.29 is 0 Å². The van der Waals surface area contributed by atoms with Gasteiger partial charge in [0, 0.05) is 5.02 Å². The zero-order valence-corrected chi connectivity index (χ0v) is 10.2. The molecule has 0 bridgehead atoms. The van der Waals surface area contributed by atoms with E-state index in [9.17, 15) is 0 Å². The average Bonchev–Trinajstić information content (AvgIpc) is 2.24. The van der Waals surface area contributed by atoms with Crippen molar-refractivity contribution in [2.75, 3.05) is 13.1 Å². The van der Waals surface area contributed by atoms with Gasteiger partial charge >= 0.3 is 0 Å². The highest BCUT2D eigenvalue weighted by molar-refractivity contribution is 6.31. The van der Waals surface area contributed by atoms with E-state index in [0.717, 1.165) is 18.1 Å². The second-order valence-electron chi connectivity index (χ2n) is 4.49. The summed E-state index contributed by atoms with van der Waals surface area (Å²) in [4.78, 5) is 0. The molecule has 1 fully saturated rings. The molecule has 0 amide bonds. The number of benzene rings is 1. The van der Waals surface area contributed by atoms with Gasteiger partial charge in [0.15, 0.2) is 0 Å². The fraction of sp³-hybridized carbons (Fsp3) is 0.538. The first-order valence-corrected chi connectivity index (χ1v) is 6.03. The Hall–Kier alpha value is -0.530. The monoisotopic (exact) mass is 223 g/mol. The molecule has 1 aliphatic rings. The lowest BCUT2D eigenvalue weighted by atomic mass is 9.86. The number of rotatable bonds is 1. The van der Waals surface area contributed by atoms with Crippen LogP contribution < -0.4 is 5.32 Å². The molecule has 0 aliphatic carbocycles. The largest absolute Gasteiger partial charge is 0.317 e. The van der Waals surface area contributed by atoms with Crippen molar-refractivity contribution in [1.29, 1.82) is 0 Å². The van der Waals surface area contributed by atoms with Gasteiger partial charge in [-0.25, -0.2) is 0 Å². The van der Waals surface area contributed by atoms with Crippen LogP contribution in [0.15, 0.2) is 12.1 Å². The van der Waals surface area contributed by atoms with Crippen molar-refractivity contribution in [3.05, 3.63) is 33.8 Å². The number of hydrogen-bond acceptors (Lipinski definition) is 1. The minimum absolute atomic E-state index is 0.698. The molecule has 0 radical (unpaired) electrons. The molecule has 1 aliphatic heterocycles. The predicted molar refractivity (Wildman–Crippen MR) is 65.8 cm³/mol. The Bertz CT molecular complexity index is 354. The summed E-state index contributed by atoms with van der Waals surface area (Å²) in [5, 5.41) is 4.32. The summed E-state index contributed by atoms with van der Waals surface area (Å²) >= 11 is 6.22. The predicted octanol–water partition coefficient (Wildman–Crippen LogP) is 3.42. The van der Waals surface area contributed by atoms with Crippen LogP contribution in [0.5, 0.6) is 0 Å². The van der Waals surface area contributed by atoms with Crippen molar-refractivity contribution in [1.82, 2.24) is 5.32 Å². The van der Waals surface area contributed by atoms with Gasteiger partial charge in [0.2, 0.25) is 0 Å². The van der Waals surface area contributed by atoms with Gasteiger partial charge in [-0.15, -0.1) is 0 Å². The maximum Gasteiger partial charge on any atom is 0.0440 e. The SMILES string of the molecule is Cc1cc(Cl)c(C)c(C2CCNCC2)c1. The molecule has 2 heteroatoms. The van der Waals surface area contributed by atoms with Gasteiger partial charge in [-0.05, 0) is 68.5 Å². The first kappa shape index (κ1) is 11.0. The third kappa shape index (κ3) is 2.35. The maximum absolute atomic E-state index is 6.22. The van der Waals surface area contributed by atoms with E-state index in [1.165, 1.54) is 29.5 Å². The van der Waals surface area contributed by atoms with Crippen molar-refractivity contribution in [3.63, 3.8) is 0 Å². The van der Waals surface area contributed by atoms with E-state index in [4.69, 9.17) is 11.6 Å². The lowest BCUT2D eigenvalue weighted by Gasteiger charge is -2.25. The lowest BCUT2D eigenvalue weighted by Crippen LogP contribution is -2.27. The first-order valence-electron chi connectivity index (χ1n) is 5.66. The number of aryl methyl sites for hydroxylation is 1. The Labute approximate surface area is 96.8 Å². The van der Waals surface area contributed by atoms with E-state index in [0.29, 0.717) is 5.92 Å². The summed E-state index contributed by atoms with van der Waals surface area (Å²) in [6.07, 6.45) is 2.47. The Morgan fingerprint density at radius 3 is 2.53 bits per heavy atom. The standard InChI is InChI=1S/C13H18ClN/c1-9-7-12(10(2)13(14)8-9)11-3-5-15-6-4-11/h7-8,11,15H,3-6H2,1-2H3. The molecule has 1 saturated heterocycles. The normalized spacial score (nSPS) is 18.1. The van der Waals surface area contributed by atoms with Crippen LogP contribution in [-0.4, -0.2) is 13.1 Å². The molecular formula is C13H18ClN. The molecular weight excluding hydrogens is 206 g/mol. The highest BCUT2D eigenvalue weighted by atomic mass is 35.5. The molecule has 2 rings (SSSR count). The third-order valence-corrected chi connectivity index (χ3v) is 3.70. The topological polar surface area (TPSA) is 12.0 Å². The molecule has 1 aromatic carbocycles. The van der Waals surface area contributed by atoms with Crippen LogP contribution in [0.1, 0.15) is 35.4 Å². The molecule has 0 unspecified atom stereocenters. The van der Waals surface area contributed by atoms with E-state index in [-0.39, 0.29) is 0 Å². The van der Waals surface area contributed by atoms with Crippen LogP contribution in [0.3, 0.4) is 0 Å². The molecule has 1 aromatic rings. The number of hydrogen-bond donors (Lipinski definition) is 1. The highest BCUT2D eigenvalue weighted by Gasteiger charge is 2.18. The van der Waals surface area contributed by atoms with Crippen molar-refractivity contribution in [2.24, 2.45) is 0 Å². The van der Waals surface area contributed by atoms with Crippen LogP contribution >= 0.6 is 11.6 Å². The number of nitrogens with one attached hydrogen (secondary N) is 1. The quantitative estimate of drug-likeness (QED) is 0.770. The summed E-state index contributed by atoms with van der Waals surface area (Å²) in [7, 11) is 0. The fourth-order valence-electron chi connectivity index (χ4n) is 2.40. The van der Waals surface area contributed by atoms with Crippen molar-refractivity contribution >= 4 is 11.6 Å². The number of halogens is 1. The van der Waals surface area contributed by atoms with E-state index in [1.54, 1.807) is 0 Å².